The van der Waals surface area contributed by atoms with Crippen LogP contribution in [0.1, 0.15) is 36.0 Å². The van der Waals surface area contributed by atoms with Crippen LogP contribution in [0, 0.1) is 6.92 Å². The van der Waals surface area contributed by atoms with E-state index in [1.54, 1.807) is 0 Å². The molecule has 0 spiro atoms. The molecule has 0 bridgehead atoms. The maximum absolute atomic E-state index is 10.5. The summed E-state index contributed by atoms with van der Waals surface area (Å²) in [5.74, 6) is 0.403. The number of aryl methyl sites for hydroxylation is 1. The van der Waals surface area contributed by atoms with Crippen LogP contribution in [-0.4, -0.2) is 18.2 Å². The molecule has 1 N–H and O–H groups in total. The summed E-state index contributed by atoms with van der Waals surface area (Å²) >= 11 is -0.556. The van der Waals surface area contributed by atoms with E-state index in [1.165, 1.54) is 46.9 Å². The molecule has 6 heteroatoms. The van der Waals surface area contributed by atoms with Crippen LogP contribution in [0.3, 0.4) is 0 Å². The van der Waals surface area contributed by atoms with Gasteiger partial charge in [0.2, 0.25) is 0 Å². The van der Waals surface area contributed by atoms with Crippen molar-refractivity contribution in [3.05, 3.63) is 83.4 Å². The Morgan fingerprint density at radius 1 is 0.871 bits per heavy atom. The van der Waals surface area contributed by atoms with E-state index >= 15 is 0 Å². The molecular formula is C25H28Cl2NOPTi. The van der Waals surface area contributed by atoms with E-state index in [0.717, 1.165) is 24.8 Å². The fourth-order valence-electron chi connectivity index (χ4n) is 3.91. The molecule has 1 heterocycles. The minimum absolute atomic E-state index is 0.403. The zero-order valence-electron chi connectivity index (χ0n) is 17.7. The fourth-order valence-corrected chi connectivity index (χ4v) is 5.20. The summed E-state index contributed by atoms with van der Waals surface area (Å²) in [4.78, 5) is 2.53. The molecule has 1 fully saturated rings. The second-order valence-electron chi connectivity index (χ2n) is 7.78. The number of piperidine rings is 1. The summed E-state index contributed by atoms with van der Waals surface area (Å²) in [5, 5.41) is 12.9. The van der Waals surface area contributed by atoms with Gasteiger partial charge in [0.05, 0.1) is 0 Å². The minimum atomic E-state index is -0.556. The molecule has 2 nitrogen and oxygen atoms in total. The van der Waals surface area contributed by atoms with Gasteiger partial charge in [0.15, 0.2) is 0 Å². The number of anilines is 1. The number of phenolic OH excluding ortho intramolecular Hbond substituents is 1. The molecule has 0 amide bonds. The first kappa shape index (κ1) is 24.6. The number of benzene rings is 3. The third-order valence-corrected chi connectivity index (χ3v) is 6.79. The normalized spacial score (nSPS) is 13.7. The third kappa shape index (κ3) is 7.52. The molecule has 31 heavy (non-hydrogen) atoms. The summed E-state index contributed by atoms with van der Waals surface area (Å²) in [6, 6.07) is 23.4. The van der Waals surface area contributed by atoms with Crippen molar-refractivity contribution in [2.75, 3.05) is 18.0 Å². The topological polar surface area (TPSA) is 23.5 Å². The molecule has 0 aromatic heterocycles. The molecule has 1 aliphatic heterocycles. The Labute approximate surface area is 204 Å². The van der Waals surface area contributed by atoms with Gasteiger partial charge >= 0.3 is 35.6 Å². The Bertz CT molecular complexity index is 965. The van der Waals surface area contributed by atoms with E-state index in [9.17, 15) is 5.11 Å². The number of halogens is 2. The quantitative estimate of drug-likeness (QED) is 0.324. The van der Waals surface area contributed by atoms with Crippen LogP contribution < -0.4 is 15.5 Å². The van der Waals surface area contributed by atoms with Gasteiger partial charge in [0.1, 0.15) is 5.75 Å². The van der Waals surface area contributed by atoms with Gasteiger partial charge in [-0.15, -0.1) is 0 Å². The number of hydrogen-bond acceptors (Lipinski definition) is 2. The van der Waals surface area contributed by atoms with Gasteiger partial charge in [-0.1, -0.05) is 57.1 Å². The number of phenols is 1. The molecular weight excluding hydrogens is 480 g/mol. The summed E-state index contributed by atoms with van der Waals surface area (Å²) in [6.45, 7) is 4.44. The van der Waals surface area contributed by atoms with Gasteiger partial charge in [-0.25, -0.2) is 0 Å². The van der Waals surface area contributed by atoms with Crippen molar-refractivity contribution in [2.45, 2.75) is 32.6 Å². The molecule has 3 aromatic carbocycles. The standard InChI is InChI=1S/C25H28NOP.2ClH.Ti/c1-19-10-13-24(22(16-19)26-14-6-3-7-15-26)28-25-18-21(11-12-23(25)27)17-20-8-4-2-5-9-20;;;/h2,4-5,8-13,16,18,27-28H,3,6-7,14-15,17H2,1H3;2*1H;/q;;;+2/p-2. The van der Waals surface area contributed by atoms with Crippen molar-refractivity contribution in [3.63, 3.8) is 0 Å². The van der Waals surface area contributed by atoms with Crippen LogP contribution >= 0.6 is 27.2 Å². The second-order valence-corrected chi connectivity index (χ2v) is 11.7. The van der Waals surface area contributed by atoms with Crippen LogP contribution in [0.4, 0.5) is 5.69 Å². The SMILES string of the molecule is Cc1ccc(Pc2cc(Cc3ccccc3)ccc2O)c(N2CCCCC2)c1.[Cl][Ti][Cl]. The number of rotatable bonds is 5. The molecule has 0 radical (unpaired) electrons. The molecule has 162 valence electrons. The molecule has 4 rings (SSSR count). The van der Waals surface area contributed by atoms with Crippen molar-refractivity contribution < 1.29 is 22.1 Å². The van der Waals surface area contributed by atoms with Crippen LogP contribution in [0.15, 0.2) is 66.7 Å². The number of nitrogens with zero attached hydrogens (tertiary/aromatic N) is 1. The van der Waals surface area contributed by atoms with Gasteiger partial charge in [-0.2, -0.15) is 0 Å². The zero-order chi connectivity index (χ0) is 22.1. The van der Waals surface area contributed by atoms with Gasteiger partial charge in [-0.3, -0.25) is 0 Å². The van der Waals surface area contributed by atoms with Crippen LogP contribution in [0.5, 0.6) is 5.75 Å². The predicted molar refractivity (Wildman–Crippen MR) is 134 cm³/mol. The van der Waals surface area contributed by atoms with Crippen LogP contribution in [0.2, 0.25) is 0 Å². The van der Waals surface area contributed by atoms with Gasteiger partial charge in [0, 0.05) is 29.4 Å². The predicted octanol–water partition coefficient (Wildman–Crippen LogP) is 6.29. The Morgan fingerprint density at radius 2 is 1.58 bits per heavy atom. The van der Waals surface area contributed by atoms with E-state index in [1.807, 2.05) is 18.2 Å². The monoisotopic (exact) mass is 507 g/mol. The first-order valence-corrected chi connectivity index (χ1v) is 15.8. The Morgan fingerprint density at radius 3 is 2.29 bits per heavy atom. The van der Waals surface area contributed by atoms with E-state index < -0.39 is 17.0 Å². The average molecular weight is 508 g/mol. The van der Waals surface area contributed by atoms with Crippen LogP contribution in [0.25, 0.3) is 0 Å². The zero-order valence-corrected chi connectivity index (χ0v) is 21.8. The Hall–Kier alpha value is -1.02. The fraction of sp³-hybridized carbons (Fsp3) is 0.280. The maximum atomic E-state index is 10.5. The van der Waals surface area contributed by atoms with Crippen LogP contribution in [-0.2, 0) is 23.5 Å². The molecule has 0 aliphatic carbocycles. The number of hydrogen-bond donors (Lipinski definition) is 1. The van der Waals surface area contributed by atoms with E-state index in [4.69, 9.17) is 18.6 Å². The first-order chi connectivity index (χ1) is 15.1. The van der Waals surface area contributed by atoms with Crippen molar-refractivity contribution >= 4 is 43.5 Å². The second kappa shape index (κ2) is 12.9. The van der Waals surface area contributed by atoms with Crippen molar-refractivity contribution in [1.29, 1.82) is 0 Å². The summed E-state index contributed by atoms with van der Waals surface area (Å²) in [7, 11) is 10.2. The van der Waals surface area contributed by atoms with E-state index in [0.29, 0.717) is 14.3 Å². The van der Waals surface area contributed by atoms with Crippen molar-refractivity contribution in [1.82, 2.24) is 0 Å². The molecule has 1 saturated heterocycles. The Kier molecular flexibility index (Phi) is 10.2. The third-order valence-electron chi connectivity index (χ3n) is 5.43. The molecule has 3 aromatic rings. The average Bonchev–Trinajstić information content (AvgIpc) is 2.79. The van der Waals surface area contributed by atoms with Gasteiger partial charge < -0.3 is 10.0 Å². The first-order valence-electron chi connectivity index (χ1n) is 10.6. The number of aromatic hydroxyl groups is 1. The van der Waals surface area contributed by atoms with Gasteiger partial charge in [-0.05, 0) is 67.5 Å². The van der Waals surface area contributed by atoms with Crippen molar-refractivity contribution in [3.8, 4) is 5.75 Å². The molecule has 1 unspecified atom stereocenters. The van der Waals surface area contributed by atoms with E-state index in [-0.39, 0.29) is 0 Å². The summed E-state index contributed by atoms with van der Waals surface area (Å²) in [6.07, 6.45) is 4.77. The Balaban J connectivity index is 0.000000858. The molecule has 0 saturated carbocycles. The summed E-state index contributed by atoms with van der Waals surface area (Å²) < 4.78 is 0. The van der Waals surface area contributed by atoms with E-state index in [2.05, 4.69) is 60.4 Å². The van der Waals surface area contributed by atoms with Crippen molar-refractivity contribution in [2.24, 2.45) is 0 Å². The summed E-state index contributed by atoms with van der Waals surface area (Å²) in [5.41, 5.74) is 5.20. The molecule has 1 atom stereocenters. The molecule has 1 aliphatic rings. The van der Waals surface area contributed by atoms with Gasteiger partial charge in [0.25, 0.3) is 0 Å².